The zero-order valence-electron chi connectivity index (χ0n) is 11.1. The number of hydrazone groups is 1. The molecule has 0 aliphatic carbocycles. The van der Waals surface area contributed by atoms with E-state index in [0.29, 0.717) is 5.56 Å². The van der Waals surface area contributed by atoms with E-state index in [-0.39, 0.29) is 5.91 Å². The minimum atomic E-state index is -0.201. The maximum absolute atomic E-state index is 11.8. The summed E-state index contributed by atoms with van der Waals surface area (Å²) >= 11 is 0. The van der Waals surface area contributed by atoms with Crippen LogP contribution in [0.1, 0.15) is 28.4 Å². The molecule has 0 saturated heterocycles. The fourth-order valence-electron chi connectivity index (χ4n) is 1.72. The van der Waals surface area contributed by atoms with Crippen LogP contribution in [-0.2, 0) is 0 Å². The first-order valence-corrected chi connectivity index (χ1v) is 6.13. The van der Waals surface area contributed by atoms with Crippen LogP contribution in [0.4, 0.5) is 0 Å². The van der Waals surface area contributed by atoms with E-state index < -0.39 is 0 Å². The van der Waals surface area contributed by atoms with E-state index in [9.17, 15) is 4.79 Å². The van der Waals surface area contributed by atoms with Crippen LogP contribution in [0.5, 0.6) is 0 Å². The van der Waals surface area contributed by atoms with Gasteiger partial charge >= 0.3 is 0 Å². The van der Waals surface area contributed by atoms with Gasteiger partial charge in [-0.25, -0.2) is 5.43 Å². The Morgan fingerprint density at radius 3 is 2.37 bits per heavy atom. The van der Waals surface area contributed by atoms with E-state index in [1.165, 1.54) is 5.56 Å². The maximum atomic E-state index is 11.8. The Labute approximate surface area is 113 Å². The summed E-state index contributed by atoms with van der Waals surface area (Å²) in [5, 5.41) is 4.13. The first-order valence-electron chi connectivity index (χ1n) is 6.13. The van der Waals surface area contributed by atoms with E-state index in [0.717, 1.165) is 11.3 Å². The average molecular weight is 252 g/mol. The highest BCUT2D eigenvalue weighted by molar-refractivity contribution is 6.00. The van der Waals surface area contributed by atoms with Crippen molar-refractivity contribution in [3.63, 3.8) is 0 Å². The van der Waals surface area contributed by atoms with Crippen molar-refractivity contribution < 1.29 is 4.79 Å². The van der Waals surface area contributed by atoms with Crippen molar-refractivity contribution in [1.29, 1.82) is 0 Å². The highest BCUT2D eigenvalue weighted by atomic mass is 16.2. The van der Waals surface area contributed by atoms with Crippen molar-refractivity contribution in [2.45, 2.75) is 13.8 Å². The molecule has 0 atom stereocenters. The number of nitrogens with one attached hydrogen (secondary N) is 1. The largest absolute Gasteiger partial charge is 0.271 e. The third kappa shape index (κ3) is 3.52. The highest BCUT2D eigenvalue weighted by Crippen LogP contribution is 2.05. The predicted octanol–water partition coefficient (Wildman–Crippen LogP) is 3.15. The number of carbonyl (C=O) groups is 1. The smallest absolute Gasteiger partial charge is 0.267 e. The zero-order valence-corrected chi connectivity index (χ0v) is 11.1. The van der Waals surface area contributed by atoms with Crippen molar-refractivity contribution in [3.8, 4) is 0 Å². The topological polar surface area (TPSA) is 41.5 Å². The van der Waals surface area contributed by atoms with Crippen LogP contribution in [0.25, 0.3) is 0 Å². The lowest BCUT2D eigenvalue weighted by Crippen LogP contribution is -2.19. The van der Waals surface area contributed by atoms with Gasteiger partial charge in [0.2, 0.25) is 0 Å². The molecule has 2 aromatic carbocycles. The SMILES string of the molecule is C/C(=N\NC(=O)c1ccccc1)c1cccc(C)c1. The molecule has 96 valence electrons. The van der Waals surface area contributed by atoms with Crippen LogP contribution in [0.2, 0.25) is 0 Å². The number of amides is 1. The van der Waals surface area contributed by atoms with Gasteiger partial charge in [-0.15, -0.1) is 0 Å². The number of hydrogen-bond donors (Lipinski definition) is 1. The van der Waals surface area contributed by atoms with Crippen molar-refractivity contribution in [2.24, 2.45) is 5.10 Å². The van der Waals surface area contributed by atoms with Crippen molar-refractivity contribution >= 4 is 11.6 Å². The van der Waals surface area contributed by atoms with Crippen LogP contribution in [0.15, 0.2) is 59.7 Å². The molecule has 0 aromatic heterocycles. The molecular formula is C16H16N2O. The van der Waals surface area contributed by atoms with E-state index in [4.69, 9.17) is 0 Å². The summed E-state index contributed by atoms with van der Waals surface area (Å²) in [7, 11) is 0. The van der Waals surface area contributed by atoms with Gasteiger partial charge in [0, 0.05) is 5.56 Å². The van der Waals surface area contributed by atoms with Crippen LogP contribution in [0, 0.1) is 6.92 Å². The van der Waals surface area contributed by atoms with Gasteiger partial charge in [0.15, 0.2) is 0 Å². The van der Waals surface area contributed by atoms with Gasteiger partial charge in [-0.2, -0.15) is 5.10 Å². The molecule has 3 heteroatoms. The van der Waals surface area contributed by atoms with Crippen molar-refractivity contribution in [2.75, 3.05) is 0 Å². The van der Waals surface area contributed by atoms with Gasteiger partial charge < -0.3 is 0 Å². The monoisotopic (exact) mass is 252 g/mol. The molecule has 0 radical (unpaired) electrons. The summed E-state index contributed by atoms with van der Waals surface area (Å²) in [6.45, 7) is 3.90. The van der Waals surface area contributed by atoms with Crippen LogP contribution >= 0.6 is 0 Å². The Kier molecular flexibility index (Phi) is 4.08. The van der Waals surface area contributed by atoms with Crippen LogP contribution < -0.4 is 5.43 Å². The summed E-state index contributed by atoms with van der Waals surface area (Å²) in [5.41, 5.74) is 6.13. The molecule has 0 aliphatic heterocycles. The molecule has 0 fully saturated rings. The van der Waals surface area contributed by atoms with Gasteiger partial charge in [-0.1, -0.05) is 48.0 Å². The third-order valence-electron chi connectivity index (χ3n) is 2.80. The molecule has 1 amide bonds. The Hall–Kier alpha value is -2.42. The second-order valence-corrected chi connectivity index (χ2v) is 4.37. The predicted molar refractivity (Wildman–Crippen MR) is 77.3 cm³/mol. The first-order chi connectivity index (χ1) is 9.16. The fraction of sp³-hybridized carbons (Fsp3) is 0.125. The fourth-order valence-corrected chi connectivity index (χ4v) is 1.72. The summed E-state index contributed by atoms with van der Waals surface area (Å²) in [4.78, 5) is 11.8. The lowest BCUT2D eigenvalue weighted by atomic mass is 10.1. The van der Waals surface area contributed by atoms with E-state index in [1.807, 2.05) is 56.3 Å². The summed E-state index contributed by atoms with van der Waals surface area (Å²) in [5.74, 6) is -0.201. The Morgan fingerprint density at radius 1 is 1.00 bits per heavy atom. The first kappa shape index (κ1) is 13.0. The van der Waals surface area contributed by atoms with Crippen LogP contribution in [-0.4, -0.2) is 11.6 Å². The molecule has 0 bridgehead atoms. The standard InChI is InChI=1S/C16H16N2O/c1-12-7-6-10-15(11-12)13(2)17-18-16(19)14-8-4-3-5-9-14/h3-11H,1-2H3,(H,18,19)/b17-13+. The molecule has 0 saturated carbocycles. The minimum absolute atomic E-state index is 0.201. The second-order valence-electron chi connectivity index (χ2n) is 4.37. The molecular weight excluding hydrogens is 236 g/mol. The van der Waals surface area contributed by atoms with Gasteiger partial charge in [0.1, 0.15) is 0 Å². The number of nitrogens with zero attached hydrogens (tertiary/aromatic N) is 1. The second kappa shape index (κ2) is 5.96. The highest BCUT2D eigenvalue weighted by Gasteiger charge is 2.03. The van der Waals surface area contributed by atoms with Gasteiger partial charge in [-0.3, -0.25) is 4.79 Å². The number of carbonyl (C=O) groups excluding carboxylic acids is 1. The number of hydrogen-bond acceptors (Lipinski definition) is 2. The summed E-state index contributed by atoms with van der Waals surface area (Å²) in [6, 6.07) is 17.0. The zero-order chi connectivity index (χ0) is 13.7. The molecule has 3 nitrogen and oxygen atoms in total. The van der Waals surface area contributed by atoms with Gasteiger partial charge in [0.05, 0.1) is 5.71 Å². The van der Waals surface area contributed by atoms with Gasteiger partial charge in [-0.05, 0) is 31.5 Å². The third-order valence-corrected chi connectivity index (χ3v) is 2.80. The summed E-state index contributed by atoms with van der Waals surface area (Å²) in [6.07, 6.45) is 0. The molecule has 0 unspecified atom stereocenters. The summed E-state index contributed by atoms with van der Waals surface area (Å²) < 4.78 is 0. The Morgan fingerprint density at radius 2 is 1.68 bits per heavy atom. The average Bonchev–Trinajstić information content (AvgIpc) is 2.45. The number of benzene rings is 2. The lowest BCUT2D eigenvalue weighted by Gasteiger charge is -2.03. The number of rotatable bonds is 3. The Balaban J connectivity index is 2.09. The van der Waals surface area contributed by atoms with E-state index >= 15 is 0 Å². The molecule has 19 heavy (non-hydrogen) atoms. The van der Waals surface area contributed by atoms with E-state index in [1.54, 1.807) is 12.1 Å². The van der Waals surface area contributed by atoms with Crippen LogP contribution in [0.3, 0.4) is 0 Å². The molecule has 2 aromatic rings. The quantitative estimate of drug-likeness (QED) is 0.661. The molecule has 1 N–H and O–H groups in total. The normalized spacial score (nSPS) is 11.2. The molecule has 0 spiro atoms. The lowest BCUT2D eigenvalue weighted by molar-refractivity contribution is 0.0955. The molecule has 2 rings (SSSR count). The molecule has 0 heterocycles. The number of aryl methyl sites for hydroxylation is 1. The molecule has 0 aliphatic rings. The van der Waals surface area contributed by atoms with Crippen molar-refractivity contribution in [3.05, 3.63) is 71.3 Å². The minimum Gasteiger partial charge on any atom is -0.267 e. The maximum Gasteiger partial charge on any atom is 0.271 e. The van der Waals surface area contributed by atoms with Gasteiger partial charge in [0.25, 0.3) is 5.91 Å². The van der Waals surface area contributed by atoms with E-state index in [2.05, 4.69) is 10.5 Å². The van der Waals surface area contributed by atoms with Crippen molar-refractivity contribution in [1.82, 2.24) is 5.43 Å². The Bertz CT molecular complexity index is 603.